The van der Waals surface area contributed by atoms with E-state index in [1.165, 1.54) is 10.5 Å². The molecular weight excluding hydrogens is 282 g/mol. The van der Waals surface area contributed by atoms with Gasteiger partial charge < -0.3 is 15.9 Å². The van der Waals surface area contributed by atoms with Crippen LogP contribution >= 0.6 is 0 Å². The van der Waals surface area contributed by atoms with E-state index in [9.17, 15) is 8.42 Å². The van der Waals surface area contributed by atoms with Crippen LogP contribution in [0.3, 0.4) is 0 Å². The Labute approximate surface area is 117 Å². The van der Waals surface area contributed by atoms with Crippen molar-refractivity contribution in [1.82, 2.24) is 14.3 Å². The average Bonchev–Trinajstić information content (AvgIpc) is 3.13. The second kappa shape index (κ2) is 5.80. The molecule has 112 valence electrons. The molecule has 4 N–H and O–H groups in total. The number of nitrogens with zero attached hydrogens (tertiary/aromatic N) is 3. The molecule has 0 amide bonds. The van der Waals surface area contributed by atoms with Crippen LogP contribution in [0.2, 0.25) is 0 Å². The summed E-state index contributed by atoms with van der Waals surface area (Å²) in [5.74, 6) is 0.653. The van der Waals surface area contributed by atoms with E-state index in [0.29, 0.717) is 12.2 Å². The topological polar surface area (TPSA) is 125 Å². The highest BCUT2D eigenvalue weighted by molar-refractivity contribution is 7.89. The molecule has 2 rings (SSSR count). The molecule has 8 nitrogen and oxygen atoms in total. The van der Waals surface area contributed by atoms with Gasteiger partial charge in [0.1, 0.15) is 11.7 Å². The molecule has 0 radical (unpaired) electrons. The van der Waals surface area contributed by atoms with E-state index in [1.54, 1.807) is 0 Å². The summed E-state index contributed by atoms with van der Waals surface area (Å²) in [5.41, 5.74) is 5.41. The van der Waals surface area contributed by atoms with Crippen molar-refractivity contribution >= 4 is 15.9 Å². The lowest BCUT2D eigenvalue weighted by Gasteiger charge is -2.20. The van der Waals surface area contributed by atoms with Crippen molar-refractivity contribution in [3.05, 3.63) is 12.0 Å². The number of sulfonamides is 1. The Balaban J connectivity index is 2.19. The maximum absolute atomic E-state index is 12.6. The van der Waals surface area contributed by atoms with Crippen molar-refractivity contribution in [2.75, 3.05) is 6.54 Å². The number of rotatable bonds is 7. The summed E-state index contributed by atoms with van der Waals surface area (Å²) in [7, 11) is -3.61. The van der Waals surface area contributed by atoms with Gasteiger partial charge in [-0.25, -0.2) is 13.4 Å². The van der Waals surface area contributed by atoms with Gasteiger partial charge in [0.2, 0.25) is 0 Å². The molecule has 9 heteroatoms. The molecule has 0 spiro atoms. The number of nitrogens with one attached hydrogen (secondary N) is 1. The molecule has 0 atom stereocenters. The minimum atomic E-state index is -3.61. The first-order valence-electron chi connectivity index (χ1n) is 6.51. The van der Waals surface area contributed by atoms with Gasteiger partial charge in [0.05, 0.1) is 6.20 Å². The van der Waals surface area contributed by atoms with Gasteiger partial charge >= 0.3 is 0 Å². The lowest BCUT2D eigenvalue weighted by molar-refractivity contribution is 0.315. The van der Waals surface area contributed by atoms with Crippen molar-refractivity contribution in [3.63, 3.8) is 0 Å². The normalized spacial score (nSPS) is 16.8. The van der Waals surface area contributed by atoms with Crippen LogP contribution in [0.25, 0.3) is 0 Å². The maximum Gasteiger partial charge on any atom is 0.260 e. The zero-order valence-corrected chi connectivity index (χ0v) is 12.1. The predicted octanol–water partition coefficient (Wildman–Crippen LogP) is 0.262. The second-order valence-electron chi connectivity index (χ2n) is 4.74. The van der Waals surface area contributed by atoms with Gasteiger partial charge in [-0.1, -0.05) is 12.1 Å². The van der Waals surface area contributed by atoms with Crippen LogP contribution in [0.15, 0.2) is 16.4 Å². The van der Waals surface area contributed by atoms with Crippen LogP contribution in [0, 0.1) is 0 Å². The number of aromatic nitrogens is 2. The minimum Gasteiger partial charge on any atom is -0.409 e. The van der Waals surface area contributed by atoms with Crippen molar-refractivity contribution in [3.8, 4) is 0 Å². The third-order valence-corrected chi connectivity index (χ3v) is 5.06. The van der Waals surface area contributed by atoms with Crippen LogP contribution in [0.4, 0.5) is 0 Å². The zero-order chi connectivity index (χ0) is 14.8. The van der Waals surface area contributed by atoms with Crippen molar-refractivity contribution in [2.45, 2.75) is 43.7 Å². The van der Waals surface area contributed by atoms with E-state index in [2.05, 4.69) is 15.1 Å². The number of hydrogen-bond acceptors (Lipinski definition) is 5. The first-order valence-corrected chi connectivity index (χ1v) is 7.95. The van der Waals surface area contributed by atoms with Gasteiger partial charge in [0, 0.05) is 25.4 Å². The van der Waals surface area contributed by atoms with Crippen molar-refractivity contribution in [1.29, 1.82) is 0 Å². The SMILES string of the molecule is CCc1ncc(S(=O)(=O)N(CCC(N)=NO)C2CC2)[nH]1. The van der Waals surface area contributed by atoms with Gasteiger partial charge in [-0.2, -0.15) is 4.31 Å². The van der Waals surface area contributed by atoms with Crippen LogP contribution in [0.5, 0.6) is 0 Å². The molecular formula is C11H19N5O3S. The Morgan fingerprint density at radius 3 is 2.85 bits per heavy atom. The first-order chi connectivity index (χ1) is 9.48. The highest BCUT2D eigenvalue weighted by atomic mass is 32.2. The summed E-state index contributed by atoms with van der Waals surface area (Å²) in [6, 6.07) is -0.000121. The summed E-state index contributed by atoms with van der Waals surface area (Å²) < 4.78 is 26.5. The fourth-order valence-corrected chi connectivity index (χ4v) is 3.54. The second-order valence-corrected chi connectivity index (χ2v) is 6.59. The quantitative estimate of drug-likeness (QED) is 0.288. The van der Waals surface area contributed by atoms with Gasteiger partial charge in [0.15, 0.2) is 5.03 Å². The Morgan fingerprint density at radius 1 is 1.65 bits per heavy atom. The molecule has 0 aliphatic heterocycles. The molecule has 1 heterocycles. The van der Waals surface area contributed by atoms with E-state index in [1.807, 2.05) is 6.92 Å². The third kappa shape index (κ3) is 3.10. The van der Waals surface area contributed by atoms with Crippen LogP contribution < -0.4 is 5.73 Å². The van der Waals surface area contributed by atoms with E-state index < -0.39 is 10.0 Å². The molecule has 1 aliphatic carbocycles. The summed E-state index contributed by atoms with van der Waals surface area (Å²) >= 11 is 0. The van der Waals surface area contributed by atoms with E-state index >= 15 is 0 Å². The molecule has 1 fully saturated rings. The van der Waals surface area contributed by atoms with E-state index in [0.717, 1.165) is 12.8 Å². The number of aryl methyl sites for hydroxylation is 1. The van der Waals surface area contributed by atoms with E-state index in [-0.39, 0.29) is 29.9 Å². The molecule has 0 saturated heterocycles. The monoisotopic (exact) mass is 301 g/mol. The van der Waals surface area contributed by atoms with Crippen LogP contribution in [-0.4, -0.2) is 46.3 Å². The Kier molecular flexibility index (Phi) is 4.29. The molecule has 20 heavy (non-hydrogen) atoms. The summed E-state index contributed by atoms with van der Waals surface area (Å²) in [5, 5.41) is 11.5. The summed E-state index contributed by atoms with van der Waals surface area (Å²) in [6.45, 7) is 2.09. The number of H-pyrrole nitrogens is 1. The van der Waals surface area contributed by atoms with Crippen molar-refractivity contribution < 1.29 is 13.6 Å². The molecule has 0 unspecified atom stereocenters. The van der Waals surface area contributed by atoms with Gasteiger partial charge in [-0.15, -0.1) is 0 Å². The van der Waals surface area contributed by atoms with Gasteiger partial charge in [-0.3, -0.25) is 0 Å². The smallest absolute Gasteiger partial charge is 0.260 e. The van der Waals surface area contributed by atoms with Gasteiger partial charge in [0.25, 0.3) is 10.0 Å². The standard InChI is InChI=1S/C11H19N5O3S/c1-2-10-13-7-11(14-10)20(18,19)16(8-3-4-8)6-5-9(12)15-17/h7-8,17H,2-6H2,1H3,(H2,12,15)(H,13,14). The molecule has 1 aliphatic rings. The fraction of sp³-hybridized carbons (Fsp3) is 0.636. The Morgan fingerprint density at radius 2 is 2.35 bits per heavy atom. The minimum absolute atomic E-state index is 0.000121. The Bertz CT molecular complexity index is 591. The summed E-state index contributed by atoms with van der Waals surface area (Å²) in [4.78, 5) is 6.84. The highest BCUT2D eigenvalue weighted by Crippen LogP contribution is 2.31. The number of oxime groups is 1. The van der Waals surface area contributed by atoms with Crippen LogP contribution in [-0.2, 0) is 16.4 Å². The molecule has 0 aromatic carbocycles. The molecule has 0 bridgehead atoms. The number of aromatic amines is 1. The lowest BCUT2D eigenvalue weighted by Crippen LogP contribution is -2.36. The average molecular weight is 301 g/mol. The summed E-state index contributed by atoms with van der Waals surface area (Å²) in [6.07, 6.45) is 3.85. The Hall–Kier alpha value is -1.61. The maximum atomic E-state index is 12.6. The van der Waals surface area contributed by atoms with Crippen LogP contribution in [0.1, 0.15) is 32.0 Å². The molecule has 1 saturated carbocycles. The predicted molar refractivity (Wildman–Crippen MR) is 72.9 cm³/mol. The zero-order valence-electron chi connectivity index (χ0n) is 11.3. The number of hydrogen-bond donors (Lipinski definition) is 3. The number of nitrogens with two attached hydrogens (primary N) is 1. The molecule has 1 aromatic rings. The lowest BCUT2D eigenvalue weighted by atomic mass is 10.4. The highest BCUT2D eigenvalue weighted by Gasteiger charge is 2.38. The number of imidazole rings is 1. The fourth-order valence-electron chi connectivity index (χ4n) is 1.92. The van der Waals surface area contributed by atoms with Crippen molar-refractivity contribution in [2.24, 2.45) is 10.9 Å². The van der Waals surface area contributed by atoms with E-state index in [4.69, 9.17) is 10.9 Å². The molecule has 1 aromatic heterocycles. The van der Waals surface area contributed by atoms with Gasteiger partial charge in [-0.05, 0) is 12.8 Å². The third-order valence-electron chi connectivity index (χ3n) is 3.20. The first kappa shape index (κ1) is 14.8. The largest absolute Gasteiger partial charge is 0.409 e. The number of amidine groups is 1.